The third-order valence-corrected chi connectivity index (χ3v) is 4.87. The Hall–Kier alpha value is -2.03. The molecular weight excluding hydrogens is 354 g/mol. The predicted octanol–water partition coefficient (Wildman–Crippen LogP) is 3.53. The zero-order valence-corrected chi connectivity index (χ0v) is 14.0. The summed E-state index contributed by atoms with van der Waals surface area (Å²) in [6.07, 6.45) is 3.36. The average Bonchev–Trinajstić information content (AvgIpc) is 3.05. The van der Waals surface area contributed by atoms with Gasteiger partial charge in [-0.05, 0) is 30.3 Å². The van der Waals surface area contributed by atoms with Gasteiger partial charge in [0.05, 0.1) is 5.75 Å². The molecule has 2 aromatic heterocycles. The number of thioether (sulfide) groups is 1. The maximum absolute atomic E-state index is 12.1. The van der Waals surface area contributed by atoms with Gasteiger partial charge in [0.25, 0.3) is 5.91 Å². The summed E-state index contributed by atoms with van der Waals surface area (Å²) in [6, 6.07) is 8.63. The molecule has 1 amide bonds. The number of carbonyl (C=O) groups excluding carboxylic acids is 1. The quantitative estimate of drug-likeness (QED) is 0.551. The van der Waals surface area contributed by atoms with E-state index in [0.717, 1.165) is 5.01 Å². The van der Waals surface area contributed by atoms with Crippen LogP contribution in [0.25, 0.3) is 0 Å². The van der Waals surface area contributed by atoms with E-state index in [-0.39, 0.29) is 5.91 Å². The zero-order valence-electron chi connectivity index (χ0n) is 11.6. The smallest absolute Gasteiger partial charge is 0.286 e. The number of carbonyl (C=O) groups is 1. The number of amides is 1. The number of hydrogen-bond acceptors (Lipinski definition) is 7. The Bertz CT molecular complexity index is 794. The first-order valence-electron chi connectivity index (χ1n) is 6.50. The van der Waals surface area contributed by atoms with Crippen LogP contribution in [0.2, 0.25) is 5.02 Å². The van der Waals surface area contributed by atoms with E-state index < -0.39 is 0 Å². The van der Waals surface area contributed by atoms with Gasteiger partial charge >= 0.3 is 0 Å². The summed E-state index contributed by atoms with van der Waals surface area (Å²) in [6.45, 7) is 0. The van der Waals surface area contributed by atoms with Crippen molar-refractivity contribution in [1.29, 1.82) is 0 Å². The number of nitrogens with zero attached hydrogens (tertiary/aromatic N) is 4. The molecule has 0 saturated carbocycles. The number of nitrogens with one attached hydrogen (secondary N) is 1. The van der Waals surface area contributed by atoms with Crippen LogP contribution in [0.1, 0.15) is 14.8 Å². The second kappa shape index (κ2) is 7.49. The van der Waals surface area contributed by atoms with Gasteiger partial charge in [-0.2, -0.15) is 0 Å². The number of halogens is 1. The number of anilines is 1. The standard InChI is InChI=1S/C14H10ClN5OS2/c15-9-2-4-10(5-3-9)18-12(21)13-20-19-11(23-13)8-22-14-16-6-1-7-17-14/h1-7H,8H2,(H,18,21). The molecule has 0 unspecified atom stereocenters. The summed E-state index contributed by atoms with van der Waals surface area (Å²) >= 11 is 8.50. The number of benzene rings is 1. The lowest BCUT2D eigenvalue weighted by atomic mass is 10.3. The van der Waals surface area contributed by atoms with E-state index in [2.05, 4.69) is 25.5 Å². The summed E-state index contributed by atoms with van der Waals surface area (Å²) in [4.78, 5) is 20.4. The molecule has 0 spiro atoms. The van der Waals surface area contributed by atoms with Crippen molar-refractivity contribution in [2.24, 2.45) is 0 Å². The lowest BCUT2D eigenvalue weighted by Crippen LogP contribution is -2.11. The van der Waals surface area contributed by atoms with Gasteiger partial charge in [-0.3, -0.25) is 4.79 Å². The number of aromatic nitrogens is 4. The molecule has 3 rings (SSSR count). The van der Waals surface area contributed by atoms with E-state index in [1.165, 1.54) is 23.1 Å². The molecule has 2 heterocycles. The Labute approximate surface area is 145 Å². The molecule has 1 aromatic carbocycles. The van der Waals surface area contributed by atoms with E-state index in [0.29, 0.717) is 26.6 Å². The highest BCUT2D eigenvalue weighted by atomic mass is 35.5. The van der Waals surface area contributed by atoms with Gasteiger partial charge in [0.2, 0.25) is 5.01 Å². The lowest BCUT2D eigenvalue weighted by Gasteiger charge is -2.01. The molecule has 9 heteroatoms. The minimum absolute atomic E-state index is 0.294. The predicted molar refractivity (Wildman–Crippen MR) is 90.9 cm³/mol. The summed E-state index contributed by atoms with van der Waals surface area (Å²) in [5.74, 6) is 0.271. The van der Waals surface area contributed by atoms with Crippen molar-refractivity contribution in [1.82, 2.24) is 20.2 Å². The van der Waals surface area contributed by atoms with Crippen LogP contribution in [-0.4, -0.2) is 26.1 Å². The minimum atomic E-state index is -0.294. The largest absolute Gasteiger partial charge is 0.320 e. The molecule has 0 radical (unpaired) electrons. The van der Waals surface area contributed by atoms with Crippen LogP contribution in [0.15, 0.2) is 47.9 Å². The first-order valence-corrected chi connectivity index (χ1v) is 8.68. The highest BCUT2D eigenvalue weighted by Gasteiger charge is 2.13. The maximum atomic E-state index is 12.1. The van der Waals surface area contributed by atoms with Crippen molar-refractivity contribution in [2.45, 2.75) is 10.9 Å². The van der Waals surface area contributed by atoms with E-state index in [9.17, 15) is 4.79 Å². The Balaban J connectivity index is 1.59. The van der Waals surface area contributed by atoms with E-state index in [1.807, 2.05) is 0 Å². The monoisotopic (exact) mass is 363 g/mol. The van der Waals surface area contributed by atoms with Gasteiger partial charge < -0.3 is 5.32 Å². The van der Waals surface area contributed by atoms with Crippen LogP contribution in [-0.2, 0) is 5.75 Å². The number of rotatable bonds is 5. The molecule has 3 aromatic rings. The van der Waals surface area contributed by atoms with Crippen molar-refractivity contribution in [3.8, 4) is 0 Å². The summed E-state index contributed by atoms with van der Waals surface area (Å²) in [7, 11) is 0. The maximum Gasteiger partial charge on any atom is 0.286 e. The molecule has 0 atom stereocenters. The summed E-state index contributed by atoms with van der Waals surface area (Å²) in [5.41, 5.74) is 0.656. The minimum Gasteiger partial charge on any atom is -0.320 e. The van der Waals surface area contributed by atoms with Gasteiger partial charge in [0, 0.05) is 23.1 Å². The van der Waals surface area contributed by atoms with Gasteiger partial charge in [0.1, 0.15) is 5.01 Å². The van der Waals surface area contributed by atoms with E-state index in [4.69, 9.17) is 11.6 Å². The Morgan fingerprint density at radius 2 is 1.91 bits per heavy atom. The van der Waals surface area contributed by atoms with Gasteiger partial charge in [-0.15, -0.1) is 10.2 Å². The molecular formula is C14H10ClN5OS2. The third-order valence-electron chi connectivity index (χ3n) is 2.63. The SMILES string of the molecule is O=C(Nc1ccc(Cl)cc1)c1nnc(CSc2ncccn2)s1. The molecule has 0 aliphatic heterocycles. The molecule has 0 saturated heterocycles. The fourth-order valence-corrected chi connectivity index (χ4v) is 3.26. The first kappa shape index (κ1) is 15.9. The highest BCUT2D eigenvalue weighted by Crippen LogP contribution is 2.22. The highest BCUT2D eigenvalue weighted by molar-refractivity contribution is 7.98. The molecule has 0 aliphatic carbocycles. The van der Waals surface area contributed by atoms with E-state index in [1.54, 1.807) is 42.7 Å². The lowest BCUT2D eigenvalue weighted by molar-refractivity contribution is 0.102. The Morgan fingerprint density at radius 3 is 2.65 bits per heavy atom. The van der Waals surface area contributed by atoms with Crippen molar-refractivity contribution < 1.29 is 4.79 Å². The van der Waals surface area contributed by atoms with Crippen molar-refractivity contribution in [3.05, 3.63) is 57.8 Å². The summed E-state index contributed by atoms with van der Waals surface area (Å²) < 4.78 is 0. The second-order valence-corrected chi connectivity index (χ2v) is 6.72. The topological polar surface area (TPSA) is 80.7 Å². The van der Waals surface area contributed by atoms with Crippen LogP contribution in [0, 0.1) is 0 Å². The van der Waals surface area contributed by atoms with Crippen LogP contribution < -0.4 is 5.32 Å². The first-order chi connectivity index (χ1) is 11.2. The molecule has 116 valence electrons. The van der Waals surface area contributed by atoms with Gasteiger partial charge in [-0.1, -0.05) is 34.7 Å². The van der Waals surface area contributed by atoms with Crippen molar-refractivity contribution in [2.75, 3.05) is 5.32 Å². The van der Waals surface area contributed by atoms with Crippen LogP contribution in [0.4, 0.5) is 5.69 Å². The molecule has 6 nitrogen and oxygen atoms in total. The average molecular weight is 364 g/mol. The Kier molecular flexibility index (Phi) is 5.16. The third kappa shape index (κ3) is 4.47. The Morgan fingerprint density at radius 1 is 1.17 bits per heavy atom. The molecule has 0 fully saturated rings. The molecule has 1 N–H and O–H groups in total. The second-order valence-electron chi connectivity index (χ2n) is 4.28. The molecule has 23 heavy (non-hydrogen) atoms. The van der Waals surface area contributed by atoms with E-state index >= 15 is 0 Å². The van der Waals surface area contributed by atoms with Crippen LogP contribution in [0.3, 0.4) is 0 Å². The fraction of sp³-hybridized carbons (Fsp3) is 0.0714. The van der Waals surface area contributed by atoms with Crippen molar-refractivity contribution in [3.63, 3.8) is 0 Å². The molecule has 0 aliphatic rings. The fourth-order valence-electron chi connectivity index (χ4n) is 1.61. The number of hydrogen-bond donors (Lipinski definition) is 1. The van der Waals surface area contributed by atoms with Crippen LogP contribution in [0.5, 0.6) is 0 Å². The van der Waals surface area contributed by atoms with Gasteiger partial charge in [0.15, 0.2) is 5.16 Å². The van der Waals surface area contributed by atoms with Crippen molar-refractivity contribution >= 4 is 46.3 Å². The normalized spacial score (nSPS) is 10.5. The summed E-state index contributed by atoms with van der Waals surface area (Å²) in [5, 5.41) is 13.0. The zero-order chi connectivity index (χ0) is 16.1. The van der Waals surface area contributed by atoms with Crippen LogP contribution >= 0.6 is 34.7 Å². The molecule has 0 bridgehead atoms. The van der Waals surface area contributed by atoms with Gasteiger partial charge in [-0.25, -0.2) is 9.97 Å².